The first-order valence-electron chi connectivity index (χ1n) is 5.40. The van der Waals surface area contributed by atoms with Crippen LogP contribution in [0.3, 0.4) is 0 Å². The molecule has 2 nitrogen and oxygen atoms in total. The lowest BCUT2D eigenvalue weighted by Gasteiger charge is -2.30. The number of halogens is 2. The van der Waals surface area contributed by atoms with Crippen molar-refractivity contribution < 1.29 is 13.6 Å². The molecule has 0 atom stereocenters. The Morgan fingerprint density at radius 3 is 2.41 bits per heavy atom. The number of carbonyl (C=O) groups excluding carboxylic acids is 1. The monoisotopic (exact) mass is 241 g/mol. The van der Waals surface area contributed by atoms with E-state index in [0.717, 1.165) is 18.2 Å². The average molecular weight is 241 g/mol. The lowest BCUT2D eigenvalue weighted by molar-refractivity contribution is -0.127. The van der Waals surface area contributed by atoms with Crippen LogP contribution in [0.1, 0.15) is 19.4 Å². The van der Waals surface area contributed by atoms with Crippen molar-refractivity contribution in [2.24, 2.45) is 0 Å². The van der Waals surface area contributed by atoms with E-state index in [4.69, 9.17) is 0 Å². The van der Waals surface area contributed by atoms with Crippen molar-refractivity contribution in [2.45, 2.75) is 25.8 Å². The number of nitrogens with zero attached hydrogens (tertiary/aromatic N) is 1. The van der Waals surface area contributed by atoms with Crippen molar-refractivity contribution in [1.29, 1.82) is 0 Å². The number of carbonyl (C=O) groups is 1. The molecule has 4 heteroatoms. The Bertz CT molecular complexity index is 427. The molecule has 1 aromatic rings. The van der Waals surface area contributed by atoms with Gasteiger partial charge in [-0.05, 0) is 51.7 Å². The van der Waals surface area contributed by atoms with Gasteiger partial charge in [0, 0.05) is 6.42 Å². The SMILES string of the molecule is CN(C)C(C)(C)C(=O)Cc1cc(F)ccc1F. The van der Waals surface area contributed by atoms with Crippen LogP contribution in [0.4, 0.5) is 8.78 Å². The molecule has 0 saturated carbocycles. The first-order chi connectivity index (χ1) is 7.75. The second-order valence-corrected chi connectivity index (χ2v) is 4.79. The number of likely N-dealkylation sites (N-methyl/N-ethyl adjacent to an activating group) is 1. The maximum absolute atomic E-state index is 13.4. The van der Waals surface area contributed by atoms with Crippen LogP contribution < -0.4 is 0 Å². The van der Waals surface area contributed by atoms with Crippen molar-refractivity contribution in [1.82, 2.24) is 4.90 Å². The number of benzene rings is 1. The first-order valence-corrected chi connectivity index (χ1v) is 5.40. The lowest BCUT2D eigenvalue weighted by atomic mass is 9.92. The van der Waals surface area contributed by atoms with Crippen LogP contribution in [0, 0.1) is 11.6 Å². The van der Waals surface area contributed by atoms with Crippen LogP contribution in [0.2, 0.25) is 0 Å². The second-order valence-electron chi connectivity index (χ2n) is 4.79. The molecule has 0 aliphatic carbocycles. The van der Waals surface area contributed by atoms with E-state index < -0.39 is 17.2 Å². The molecule has 1 rings (SSSR count). The van der Waals surface area contributed by atoms with Gasteiger partial charge in [-0.3, -0.25) is 9.69 Å². The van der Waals surface area contributed by atoms with Crippen molar-refractivity contribution in [3.63, 3.8) is 0 Å². The fourth-order valence-electron chi connectivity index (χ4n) is 1.32. The quantitative estimate of drug-likeness (QED) is 0.807. The molecule has 0 aliphatic rings. The first kappa shape index (κ1) is 13.8. The molecular weight excluding hydrogens is 224 g/mol. The van der Waals surface area contributed by atoms with Gasteiger partial charge in [-0.25, -0.2) is 8.78 Å². The third-order valence-corrected chi connectivity index (χ3v) is 3.16. The predicted molar refractivity (Wildman–Crippen MR) is 62.8 cm³/mol. The highest BCUT2D eigenvalue weighted by Crippen LogP contribution is 2.17. The van der Waals surface area contributed by atoms with Gasteiger partial charge in [0.25, 0.3) is 0 Å². The topological polar surface area (TPSA) is 20.3 Å². The highest BCUT2D eigenvalue weighted by atomic mass is 19.1. The van der Waals surface area contributed by atoms with E-state index in [0.29, 0.717) is 0 Å². The largest absolute Gasteiger partial charge is 0.298 e. The third-order valence-electron chi connectivity index (χ3n) is 3.16. The molecule has 1 aromatic carbocycles. The zero-order chi connectivity index (χ0) is 13.2. The molecule has 0 fully saturated rings. The Balaban J connectivity index is 2.92. The van der Waals surface area contributed by atoms with E-state index in [1.807, 2.05) is 0 Å². The summed E-state index contributed by atoms with van der Waals surface area (Å²) >= 11 is 0. The molecule has 0 aliphatic heterocycles. The van der Waals surface area contributed by atoms with Gasteiger partial charge in [-0.1, -0.05) is 0 Å². The maximum atomic E-state index is 13.4. The lowest BCUT2D eigenvalue weighted by Crippen LogP contribution is -2.46. The Morgan fingerprint density at radius 2 is 1.88 bits per heavy atom. The number of ketones is 1. The van der Waals surface area contributed by atoms with Gasteiger partial charge in [-0.2, -0.15) is 0 Å². The minimum Gasteiger partial charge on any atom is -0.298 e. The van der Waals surface area contributed by atoms with Gasteiger partial charge in [0.15, 0.2) is 5.78 Å². The van der Waals surface area contributed by atoms with Crippen LogP contribution in [0.5, 0.6) is 0 Å². The smallest absolute Gasteiger partial charge is 0.156 e. The molecule has 17 heavy (non-hydrogen) atoms. The van der Waals surface area contributed by atoms with Crippen LogP contribution in [0.15, 0.2) is 18.2 Å². The summed E-state index contributed by atoms with van der Waals surface area (Å²) in [6, 6.07) is 3.15. The molecule has 0 spiro atoms. The van der Waals surface area contributed by atoms with E-state index in [1.165, 1.54) is 0 Å². The number of hydrogen-bond donors (Lipinski definition) is 0. The van der Waals surface area contributed by atoms with Gasteiger partial charge >= 0.3 is 0 Å². The summed E-state index contributed by atoms with van der Waals surface area (Å²) in [5, 5.41) is 0. The Hall–Kier alpha value is -1.29. The van der Waals surface area contributed by atoms with Gasteiger partial charge in [-0.15, -0.1) is 0 Å². The van der Waals surface area contributed by atoms with Gasteiger partial charge < -0.3 is 0 Å². The minimum absolute atomic E-state index is 0.102. The molecule has 0 bridgehead atoms. The Labute approximate surface area is 100 Å². The molecular formula is C13H17F2NO. The zero-order valence-electron chi connectivity index (χ0n) is 10.6. The van der Waals surface area contributed by atoms with Crippen LogP contribution in [-0.2, 0) is 11.2 Å². The molecule has 0 heterocycles. The molecule has 0 radical (unpaired) electrons. The third kappa shape index (κ3) is 3.09. The summed E-state index contributed by atoms with van der Waals surface area (Å²) in [7, 11) is 3.56. The van der Waals surface area contributed by atoms with Crippen molar-refractivity contribution >= 4 is 5.78 Å². The summed E-state index contributed by atoms with van der Waals surface area (Å²) in [5.41, 5.74) is -0.594. The average Bonchev–Trinajstić information content (AvgIpc) is 2.23. The normalized spacial score (nSPS) is 11.9. The summed E-state index contributed by atoms with van der Waals surface area (Å²) in [4.78, 5) is 13.8. The minimum atomic E-state index is -0.696. The highest BCUT2D eigenvalue weighted by molar-refractivity contribution is 5.89. The second kappa shape index (κ2) is 4.92. The van der Waals surface area contributed by atoms with E-state index in [1.54, 1.807) is 32.8 Å². The zero-order valence-corrected chi connectivity index (χ0v) is 10.6. The molecule has 94 valence electrons. The summed E-state index contributed by atoms with van der Waals surface area (Å²) in [6.45, 7) is 3.51. The van der Waals surface area contributed by atoms with Gasteiger partial charge in [0.05, 0.1) is 5.54 Å². The Morgan fingerprint density at radius 1 is 1.29 bits per heavy atom. The molecule has 0 aromatic heterocycles. The molecule has 0 unspecified atom stereocenters. The summed E-state index contributed by atoms with van der Waals surface area (Å²) < 4.78 is 26.4. The van der Waals surface area contributed by atoms with E-state index in [2.05, 4.69) is 0 Å². The van der Waals surface area contributed by atoms with Gasteiger partial charge in [0.1, 0.15) is 11.6 Å². The highest BCUT2D eigenvalue weighted by Gasteiger charge is 2.30. The maximum Gasteiger partial charge on any atom is 0.156 e. The number of Topliss-reactive ketones (excluding diaryl/α,β-unsaturated/α-hetero) is 1. The number of rotatable bonds is 4. The summed E-state index contributed by atoms with van der Waals surface area (Å²) in [5.74, 6) is -1.22. The van der Waals surface area contributed by atoms with E-state index in [-0.39, 0.29) is 17.8 Å². The molecule has 0 saturated heterocycles. The van der Waals surface area contributed by atoms with Gasteiger partial charge in [0.2, 0.25) is 0 Å². The fourth-order valence-corrected chi connectivity index (χ4v) is 1.32. The van der Waals surface area contributed by atoms with Crippen molar-refractivity contribution in [3.8, 4) is 0 Å². The van der Waals surface area contributed by atoms with Crippen molar-refractivity contribution in [2.75, 3.05) is 14.1 Å². The molecule has 0 N–H and O–H groups in total. The summed E-state index contributed by atoms with van der Waals surface area (Å²) in [6.07, 6.45) is -0.102. The Kier molecular flexibility index (Phi) is 3.98. The van der Waals surface area contributed by atoms with Crippen LogP contribution in [-0.4, -0.2) is 30.3 Å². The molecule has 0 amide bonds. The van der Waals surface area contributed by atoms with E-state index in [9.17, 15) is 13.6 Å². The van der Waals surface area contributed by atoms with Crippen LogP contribution in [0.25, 0.3) is 0 Å². The fraction of sp³-hybridized carbons (Fsp3) is 0.462. The van der Waals surface area contributed by atoms with Crippen molar-refractivity contribution in [3.05, 3.63) is 35.4 Å². The standard InChI is InChI=1S/C13H17F2NO/c1-13(2,16(3)4)12(17)8-9-7-10(14)5-6-11(9)15/h5-7H,8H2,1-4H3. The number of hydrogen-bond acceptors (Lipinski definition) is 2. The van der Waals surface area contributed by atoms with Crippen LogP contribution >= 0.6 is 0 Å². The van der Waals surface area contributed by atoms with E-state index >= 15 is 0 Å². The predicted octanol–water partition coefficient (Wildman–Crippen LogP) is 2.42.